The minimum Gasteiger partial charge on any atom is -0.508 e. The monoisotopic (exact) mass is 341 g/mol. The first kappa shape index (κ1) is 13.7. The smallest absolute Gasteiger partial charge is 0.259 e. The van der Waals surface area contributed by atoms with Gasteiger partial charge in [0.2, 0.25) is 0 Å². The molecule has 19 heavy (non-hydrogen) atoms. The second-order valence-electron chi connectivity index (χ2n) is 3.78. The molecule has 4 nitrogen and oxygen atoms in total. The van der Waals surface area contributed by atoms with Crippen LogP contribution in [0.4, 0.5) is 5.69 Å². The zero-order chi connectivity index (χ0) is 14.0. The summed E-state index contributed by atoms with van der Waals surface area (Å²) in [7, 11) is 0. The Bertz CT molecular complexity index is 646. The maximum Gasteiger partial charge on any atom is 0.259 e. The Kier molecular flexibility index (Phi) is 3.97. The highest BCUT2D eigenvalue weighted by molar-refractivity contribution is 9.10. The first-order valence-corrected chi connectivity index (χ1v) is 6.43. The van der Waals surface area contributed by atoms with E-state index < -0.39 is 5.91 Å². The van der Waals surface area contributed by atoms with Crippen LogP contribution in [0, 0.1) is 0 Å². The van der Waals surface area contributed by atoms with Crippen molar-refractivity contribution in [3.05, 3.63) is 51.5 Å². The second-order valence-corrected chi connectivity index (χ2v) is 5.07. The summed E-state index contributed by atoms with van der Waals surface area (Å²) in [5.74, 6) is -0.838. The van der Waals surface area contributed by atoms with Crippen LogP contribution in [0.2, 0.25) is 5.02 Å². The normalized spacial score (nSPS) is 10.2. The summed E-state index contributed by atoms with van der Waals surface area (Å²) < 4.78 is 0.619. The molecule has 2 aromatic carbocycles. The van der Waals surface area contributed by atoms with E-state index in [-0.39, 0.29) is 17.1 Å². The van der Waals surface area contributed by atoms with Crippen molar-refractivity contribution in [1.82, 2.24) is 0 Å². The molecule has 6 heteroatoms. The maximum absolute atomic E-state index is 12.0. The average molecular weight is 343 g/mol. The molecule has 0 fully saturated rings. The summed E-state index contributed by atoms with van der Waals surface area (Å²) in [6.45, 7) is 0. The van der Waals surface area contributed by atoms with Gasteiger partial charge in [-0.15, -0.1) is 0 Å². The predicted molar refractivity (Wildman–Crippen MR) is 76.9 cm³/mol. The summed E-state index contributed by atoms with van der Waals surface area (Å²) in [5, 5.41) is 22.1. The number of phenolic OH excluding ortho intramolecular Hbond substituents is 2. The Hall–Kier alpha value is -1.72. The van der Waals surface area contributed by atoms with E-state index in [4.69, 9.17) is 11.6 Å². The lowest BCUT2D eigenvalue weighted by Gasteiger charge is -2.09. The molecular formula is C13H9BrClNO3. The first-order chi connectivity index (χ1) is 8.97. The van der Waals surface area contributed by atoms with E-state index in [1.807, 2.05) is 0 Å². The molecule has 0 bridgehead atoms. The van der Waals surface area contributed by atoms with Gasteiger partial charge in [-0.3, -0.25) is 4.79 Å². The van der Waals surface area contributed by atoms with Crippen molar-refractivity contribution in [3.8, 4) is 11.5 Å². The van der Waals surface area contributed by atoms with Gasteiger partial charge >= 0.3 is 0 Å². The van der Waals surface area contributed by atoms with Gasteiger partial charge in [-0.1, -0.05) is 11.6 Å². The third-order valence-electron chi connectivity index (χ3n) is 2.40. The fourth-order valence-corrected chi connectivity index (χ4v) is 2.27. The van der Waals surface area contributed by atoms with E-state index in [0.717, 1.165) is 0 Å². The Morgan fingerprint density at radius 2 is 1.89 bits per heavy atom. The molecule has 0 unspecified atom stereocenters. The molecule has 0 aromatic heterocycles. The van der Waals surface area contributed by atoms with Crippen molar-refractivity contribution in [3.63, 3.8) is 0 Å². The Morgan fingerprint density at radius 1 is 1.16 bits per heavy atom. The molecule has 2 rings (SSSR count). The molecule has 0 saturated carbocycles. The fourth-order valence-electron chi connectivity index (χ4n) is 1.49. The molecule has 0 saturated heterocycles. The van der Waals surface area contributed by atoms with Crippen LogP contribution in [0.3, 0.4) is 0 Å². The number of amides is 1. The van der Waals surface area contributed by atoms with Gasteiger partial charge in [0, 0.05) is 9.50 Å². The van der Waals surface area contributed by atoms with Crippen LogP contribution in [0.15, 0.2) is 40.9 Å². The molecule has 0 aliphatic rings. The third-order valence-corrected chi connectivity index (χ3v) is 3.30. The molecule has 1 amide bonds. The van der Waals surface area contributed by atoms with Gasteiger partial charge in [0.05, 0.1) is 11.3 Å². The quantitative estimate of drug-likeness (QED) is 0.728. The van der Waals surface area contributed by atoms with E-state index in [2.05, 4.69) is 21.2 Å². The topological polar surface area (TPSA) is 69.6 Å². The van der Waals surface area contributed by atoms with E-state index in [0.29, 0.717) is 15.2 Å². The number of rotatable bonds is 2. The lowest BCUT2D eigenvalue weighted by molar-refractivity contribution is 0.102. The van der Waals surface area contributed by atoms with E-state index >= 15 is 0 Å². The lowest BCUT2D eigenvalue weighted by Crippen LogP contribution is -2.12. The number of aromatic hydroxyl groups is 2. The van der Waals surface area contributed by atoms with Crippen LogP contribution in [-0.2, 0) is 0 Å². The summed E-state index contributed by atoms with van der Waals surface area (Å²) in [4.78, 5) is 12.0. The zero-order valence-electron chi connectivity index (χ0n) is 9.52. The van der Waals surface area contributed by atoms with Crippen LogP contribution < -0.4 is 5.32 Å². The highest BCUT2D eigenvalue weighted by atomic mass is 79.9. The van der Waals surface area contributed by atoms with Gasteiger partial charge in [-0.25, -0.2) is 0 Å². The zero-order valence-corrected chi connectivity index (χ0v) is 11.9. The van der Waals surface area contributed by atoms with Crippen LogP contribution in [-0.4, -0.2) is 16.1 Å². The number of benzene rings is 2. The van der Waals surface area contributed by atoms with Gasteiger partial charge in [0.1, 0.15) is 11.5 Å². The molecule has 0 aliphatic carbocycles. The molecule has 98 valence electrons. The second kappa shape index (κ2) is 5.50. The average Bonchev–Trinajstić information content (AvgIpc) is 2.35. The molecule has 0 aliphatic heterocycles. The van der Waals surface area contributed by atoms with Crippen LogP contribution in [0.25, 0.3) is 0 Å². The van der Waals surface area contributed by atoms with Gasteiger partial charge in [0.25, 0.3) is 5.91 Å². The van der Waals surface area contributed by atoms with E-state index in [9.17, 15) is 15.0 Å². The highest BCUT2D eigenvalue weighted by Crippen LogP contribution is 2.28. The molecule has 3 N–H and O–H groups in total. The summed E-state index contributed by atoms with van der Waals surface area (Å²) in [5.41, 5.74) is 0.499. The van der Waals surface area contributed by atoms with Crippen molar-refractivity contribution < 1.29 is 15.0 Å². The molecule has 2 aromatic rings. The fraction of sp³-hybridized carbons (Fsp3) is 0. The largest absolute Gasteiger partial charge is 0.508 e. The van der Waals surface area contributed by atoms with Crippen LogP contribution in [0.5, 0.6) is 11.5 Å². The number of carbonyl (C=O) groups is 1. The van der Waals surface area contributed by atoms with Crippen molar-refractivity contribution in [2.24, 2.45) is 0 Å². The predicted octanol–water partition coefficient (Wildman–Crippen LogP) is 3.77. The summed E-state index contributed by atoms with van der Waals surface area (Å²) in [6.07, 6.45) is 0. The number of nitrogens with one attached hydrogen (secondary N) is 1. The Morgan fingerprint density at radius 3 is 2.58 bits per heavy atom. The first-order valence-electron chi connectivity index (χ1n) is 5.26. The number of anilines is 1. The highest BCUT2D eigenvalue weighted by Gasteiger charge is 2.13. The van der Waals surface area contributed by atoms with Gasteiger partial charge in [0.15, 0.2) is 0 Å². The van der Waals surface area contributed by atoms with Crippen molar-refractivity contribution in [2.45, 2.75) is 0 Å². The SMILES string of the molecule is O=C(Nc1ccc(Cl)cc1Br)c1cc(O)ccc1O. The molecule has 0 radical (unpaired) electrons. The maximum atomic E-state index is 12.0. The van der Waals surface area contributed by atoms with Gasteiger partial charge in [-0.2, -0.15) is 0 Å². The summed E-state index contributed by atoms with van der Waals surface area (Å²) >= 11 is 9.07. The van der Waals surface area contributed by atoms with Crippen LogP contribution in [0.1, 0.15) is 10.4 Å². The van der Waals surface area contributed by atoms with Crippen LogP contribution >= 0.6 is 27.5 Å². The molecule has 0 spiro atoms. The van der Waals surface area contributed by atoms with Gasteiger partial charge < -0.3 is 15.5 Å². The Labute approximate surface area is 122 Å². The third kappa shape index (κ3) is 3.19. The van der Waals surface area contributed by atoms with Crippen molar-refractivity contribution in [2.75, 3.05) is 5.32 Å². The lowest BCUT2D eigenvalue weighted by atomic mass is 10.1. The van der Waals surface area contributed by atoms with E-state index in [1.165, 1.54) is 18.2 Å². The number of hydrogen-bond acceptors (Lipinski definition) is 3. The number of halogens is 2. The molecular weight excluding hydrogens is 334 g/mol. The summed E-state index contributed by atoms with van der Waals surface area (Å²) in [6, 6.07) is 8.63. The molecule has 0 atom stereocenters. The minimum absolute atomic E-state index is 0.0122. The van der Waals surface area contributed by atoms with Crippen molar-refractivity contribution >= 4 is 39.1 Å². The van der Waals surface area contributed by atoms with Crippen molar-refractivity contribution in [1.29, 1.82) is 0 Å². The number of hydrogen-bond donors (Lipinski definition) is 3. The van der Waals surface area contributed by atoms with Gasteiger partial charge in [-0.05, 0) is 52.3 Å². The number of phenols is 2. The number of carbonyl (C=O) groups excluding carboxylic acids is 1. The molecule has 0 heterocycles. The Balaban J connectivity index is 2.28. The van der Waals surface area contributed by atoms with E-state index in [1.54, 1.807) is 18.2 Å². The minimum atomic E-state index is -0.531. The standard InChI is InChI=1S/C13H9BrClNO3/c14-10-5-7(15)1-3-11(10)16-13(19)9-6-8(17)2-4-12(9)18/h1-6,17-18H,(H,16,19).